The van der Waals surface area contributed by atoms with Crippen LogP contribution in [0.15, 0.2) is 12.2 Å². The van der Waals surface area contributed by atoms with E-state index in [2.05, 4.69) is 38.1 Å². The minimum absolute atomic E-state index is 0.318. The minimum atomic E-state index is -0.671. The van der Waals surface area contributed by atoms with Crippen LogP contribution in [0.4, 0.5) is 0 Å². The van der Waals surface area contributed by atoms with Crippen molar-refractivity contribution >= 4 is 5.97 Å². The van der Waals surface area contributed by atoms with Crippen LogP contribution in [0, 0.1) is 0 Å². The zero-order chi connectivity index (χ0) is 20.9. The summed E-state index contributed by atoms with van der Waals surface area (Å²) in [5.74, 6) is -0.671. The molecule has 0 aliphatic rings. The summed E-state index contributed by atoms with van der Waals surface area (Å²) < 4.78 is 0. The van der Waals surface area contributed by atoms with Crippen LogP contribution in [0.3, 0.4) is 0 Å². The summed E-state index contributed by atoms with van der Waals surface area (Å²) in [5.41, 5.74) is 0. The predicted octanol–water partition coefficient (Wildman–Crippen LogP) is 7.60. The summed E-state index contributed by atoms with van der Waals surface area (Å²) in [5, 5.41) is 8.58. The predicted molar refractivity (Wildman–Crippen MR) is 123 cm³/mol. The van der Waals surface area contributed by atoms with Gasteiger partial charge in [0.15, 0.2) is 0 Å². The highest BCUT2D eigenvalue weighted by molar-refractivity contribution is 5.66. The zero-order valence-corrected chi connectivity index (χ0v) is 19.3. The van der Waals surface area contributed by atoms with E-state index in [1.807, 2.05) is 0 Å². The number of hydrogen-bond acceptors (Lipinski definition) is 2. The van der Waals surface area contributed by atoms with E-state index in [0.29, 0.717) is 6.42 Å². The first-order valence-corrected chi connectivity index (χ1v) is 12.1. The van der Waals surface area contributed by atoms with E-state index in [1.54, 1.807) is 0 Å². The van der Waals surface area contributed by atoms with Gasteiger partial charge in [0.2, 0.25) is 0 Å². The maximum Gasteiger partial charge on any atom is 0.303 e. The van der Waals surface area contributed by atoms with Gasteiger partial charge in [0.05, 0.1) is 0 Å². The van der Waals surface area contributed by atoms with E-state index in [9.17, 15) is 4.79 Å². The van der Waals surface area contributed by atoms with Crippen molar-refractivity contribution in [2.75, 3.05) is 14.1 Å². The van der Waals surface area contributed by atoms with Gasteiger partial charge in [-0.25, -0.2) is 0 Å². The second-order valence-corrected chi connectivity index (χ2v) is 8.63. The van der Waals surface area contributed by atoms with E-state index in [1.165, 1.54) is 83.5 Å². The molecule has 0 radical (unpaired) electrons. The van der Waals surface area contributed by atoms with E-state index in [4.69, 9.17) is 5.11 Å². The molecule has 0 aliphatic carbocycles. The van der Waals surface area contributed by atoms with E-state index < -0.39 is 5.97 Å². The summed E-state index contributed by atoms with van der Waals surface area (Å²) in [6.07, 6.45) is 26.7. The van der Waals surface area contributed by atoms with Gasteiger partial charge in [-0.15, -0.1) is 0 Å². The van der Waals surface area contributed by atoms with Gasteiger partial charge >= 0.3 is 5.97 Å². The van der Waals surface area contributed by atoms with Crippen LogP contribution < -0.4 is 0 Å². The smallest absolute Gasteiger partial charge is 0.303 e. The molecule has 28 heavy (non-hydrogen) atoms. The van der Waals surface area contributed by atoms with Crippen LogP contribution in [0.25, 0.3) is 0 Å². The van der Waals surface area contributed by atoms with Crippen LogP contribution >= 0.6 is 0 Å². The first-order chi connectivity index (χ1) is 13.6. The monoisotopic (exact) mass is 395 g/mol. The van der Waals surface area contributed by atoms with Crippen LogP contribution in [-0.2, 0) is 4.79 Å². The Kier molecular flexibility index (Phi) is 20.3. The molecular weight excluding hydrogens is 346 g/mol. The van der Waals surface area contributed by atoms with Gasteiger partial charge in [-0.2, -0.15) is 0 Å². The first kappa shape index (κ1) is 27.2. The molecule has 0 saturated carbocycles. The molecule has 3 nitrogen and oxygen atoms in total. The molecular formula is C25H49NO2. The van der Waals surface area contributed by atoms with Gasteiger partial charge in [0.25, 0.3) is 0 Å². The molecule has 0 aromatic rings. The Hall–Kier alpha value is -0.830. The van der Waals surface area contributed by atoms with Crippen LogP contribution in [0.5, 0.6) is 0 Å². The van der Waals surface area contributed by atoms with Gasteiger partial charge in [-0.1, -0.05) is 83.3 Å². The number of unbranched alkanes of at least 4 members (excludes halogenated alkanes) is 12. The van der Waals surface area contributed by atoms with Crippen LogP contribution in [0.1, 0.15) is 122 Å². The van der Waals surface area contributed by atoms with Crippen molar-refractivity contribution in [2.45, 2.75) is 129 Å². The van der Waals surface area contributed by atoms with Gasteiger partial charge in [0.1, 0.15) is 0 Å². The number of rotatable bonds is 21. The summed E-state index contributed by atoms with van der Waals surface area (Å²) in [6, 6.07) is 0.783. The Labute approximate surface area is 176 Å². The highest BCUT2D eigenvalue weighted by atomic mass is 16.4. The Morgan fingerprint density at radius 2 is 1.21 bits per heavy atom. The molecule has 0 aromatic carbocycles. The van der Waals surface area contributed by atoms with Crippen LogP contribution in [0.2, 0.25) is 0 Å². The molecule has 0 saturated heterocycles. The molecule has 0 amide bonds. The summed E-state index contributed by atoms with van der Waals surface area (Å²) in [6.45, 7) is 2.28. The Bertz CT molecular complexity index is 366. The maximum absolute atomic E-state index is 10.4. The molecule has 0 spiro atoms. The van der Waals surface area contributed by atoms with Crippen LogP contribution in [-0.4, -0.2) is 36.1 Å². The average molecular weight is 396 g/mol. The van der Waals surface area contributed by atoms with Gasteiger partial charge < -0.3 is 10.0 Å². The van der Waals surface area contributed by atoms with Gasteiger partial charge in [-0.05, 0) is 59.0 Å². The number of carbonyl (C=O) groups is 1. The van der Waals surface area contributed by atoms with Gasteiger partial charge in [0, 0.05) is 12.5 Å². The number of nitrogens with zero attached hydrogens (tertiary/aromatic N) is 1. The molecule has 3 heteroatoms. The lowest BCUT2D eigenvalue weighted by Gasteiger charge is -2.24. The Morgan fingerprint density at radius 3 is 1.71 bits per heavy atom. The van der Waals surface area contributed by atoms with E-state index >= 15 is 0 Å². The van der Waals surface area contributed by atoms with Crippen molar-refractivity contribution in [3.63, 3.8) is 0 Å². The summed E-state index contributed by atoms with van der Waals surface area (Å²) >= 11 is 0. The number of carboxylic acid groups (broad SMARTS) is 1. The molecule has 0 fully saturated rings. The van der Waals surface area contributed by atoms with Crippen molar-refractivity contribution in [1.29, 1.82) is 0 Å². The van der Waals surface area contributed by atoms with E-state index in [0.717, 1.165) is 31.7 Å². The Balaban J connectivity index is 3.41. The molecule has 0 heterocycles. The van der Waals surface area contributed by atoms with Crippen molar-refractivity contribution in [3.8, 4) is 0 Å². The zero-order valence-electron chi connectivity index (χ0n) is 19.3. The lowest BCUT2D eigenvalue weighted by molar-refractivity contribution is -0.137. The first-order valence-electron chi connectivity index (χ1n) is 12.1. The lowest BCUT2D eigenvalue weighted by Crippen LogP contribution is -2.27. The molecule has 0 aromatic heterocycles. The van der Waals surface area contributed by atoms with Crippen molar-refractivity contribution in [2.24, 2.45) is 0 Å². The average Bonchev–Trinajstić information content (AvgIpc) is 2.65. The quantitative estimate of drug-likeness (QED) is 0.161. The second kappa shape index (κ2) is 20.9. The van der Waals surface area contributed by atoms with E-state index in [-0.39, 0.29) is 0 Å². The molecule has 0 rings (SSSR count). The Morgan fingerprint density at radius 1 is 0.750 bits per heavy atom. The third-order valence-electron chi connectivity index (χ3n) is 5.71. The van der Waals surface area contributed by atoms with Gasteiger partial charge in [-0.3, -0.25) is 4.79 Å². The standard InChI is InChI=1S/C25H49NO2/c1-4-5-6-18-21-24(26(2)3)22-19-16-14-12-10-8-7-9-11-13-15-17-20-23-25(27)28/h9,11,24H,4-8,10,12-23H2,1-3H3,(H,27,28)/b11-9-. The third-order valence-corrected chi connectivity index (χ3v) is 5.71. The fraction of sp³-hybridized carbons (Fsp3) is 0.880. The number of aliphatic carboxylic acids is 1. The fourth-order valence-electron chi connectivity index (χ4n) is 3.77. The number of hydrogen-bond donors (Lipinski definition) is 1. The molecule has 1 unspecified atom stereocenters. The topological polar surface area (TPSA) is 40.5 Å². The van der Waals surface area contributed by atoms with Crippen molar-refractivity contribution in [3.05, 3.63) is 12.2 Å². The highest BCUT2D eigenvalue weighted by Crippen LogP contribution is 2.16. The number of allylic oxidation sites excluding steroid dienone is 2. The fourth-order valence-corrected chi connectivity index (χ4v) is 3.77. The number of carboxylic acids is 1. The molecule has 0 aliphatic heterocycles. The third kappa shape index (κ3) is 19.9. The molecule has 1 atom stereocenters. The van der Waals surface area contributed by atoms with Crippen molar-refractivity contribution < 1.29 is 9.90 Å². The normalized spacial score (nSPS) is 12.9. The lowest BCUT2D eigenvalue weighted by atomic mass is 9.99. The second-order valence-electron chi connectivity index (χ2n) is 8.63. The maximum atomic E-state index is 10.4. The minimum Gasteiger partial charge on any atom is -0.481 e. The molecule has 1 N–H and O–H groups in total. The molecule has 0 bridgehead atoms. The highest BCUT2D eigenvalue weighted by Gasteiger charge is 2.10. The molecule has 166 valence electrons. The SMILES string of the molecule is CCCCCCC(CCCCCCCC/C=C\CCCCCC(=O)O)N(C)C. The summed E-state index contributed by atoms with van der Waals surface area (Å²) in [7, 11) is 4.49. The summed E-state index contributed by atoms with van der Waals surface area (Å²) in [4.78, 5) is 12.9. The largest absolute Gasteiger partial charge is 0.481 e. The van der Waals surface area contributed by atoms with Crippen molar-refractivity contribution in [1.82, 2.24) is 4.90 Å².